The summed E-state index contributed by atoms with van der Waals surface area (Å²) in [5.74, 6) is -1.17. The van der Waals surface area contributed by atoms with Gasteiger partial charge in [-0.15, -0.1) is 0 Å². The molecule has 1 aromatic rings. The molecule has 1 heterocycles. The lowest BCUT2D eigenvalue weighted by atomic mass is 9.87. The van der Waals surface area contributed by atoms with Crippen LogP contribution in [0.4, 0.5) is 10.5 Å². The molecular formula is C15H19BrN2O3. The van der Waals surface area contributed by atoms with E-state index >= 15 is 0 Å². The number of urea groups is 1. The summed E-state index contributed by atoms with van der Waals surface area (Å²) in [6.07, 6.45) is 0.827. The summed E-state index contributed by atoms with van der Waals surface area (Å²) in [4.78, 5) is 24.7. The highest BCUT2D eigenvalue weighted by molar-refractivity contribution is 9.10. The lowest BCUT2D eigenvalue weighted by Gasteiger charge is -2.41. The van der Waals surface area contributed by atoms with Crippen molar-refractivity contribution in [3.8, 4) is 0 Å². The fraction of sp³-hybridized carbons (Fsp3) is 0.467. The molecule has 1 unspecified atom stereocenters. The first-order valence-electron chi connectivity index (χ1n) is 6.99. The van der Waals surface area contributed by atoms with Gasteiger partial charge in [-0.1, -0.05) is 29.8 Å². The molecule has 114 valence electrons. The van der Waals surface area contributed by atoms with Crippen molar-refractivity contribution < 1.29 is 14.7 Å². The van der Waals surface area contributed by atoms with Gasteiger partial charge in [0.25, 0.3) is 0 Å². The summed E-state index contributed by atoms with van der Waals surface area (Å²) in [5, 5.41) is 11.8. The number of amides is 2. The smallest absolute Gasteiger partial charge is 0.321 e. The number of carbonyl (C=O) groups excluding carboxylic acids is 1. The van der Waals surface area contributed by atoms with Crippen LogP contribution < -0.4 is 5.32 Å². The van der Waals surface area contributed by atoms with E-state index in [0.29, 0.717) is 13.1 Å². The van der Waals surface area contributed by atoms with Crippen molar-refractivity contribution in [1.82, 2.24) is 4.90 Å². The van der Waals surface area contributed by atoms with Gasteiger partial charge in [0.1, 0.15) is 0 Å². The van der Waals surface area contributed by atoms with E-state index in [2.05, 4.69) is 21.2 Å². The Morgan fingerprint density at radius 1 is 1.48 bits per heavy atom. The van der Waals surface area contributed by atoms with Crippen molar-refractivity contribution in [1.29, 1.82) is 0 Å². The highest BCUT2D eigenvalue weighted by Crippen LogP contribution is 2.26. The molecule has 0 aromatic heterocycles. The van der Waals surface area contributed by atoms with Gasteiger partial charge in [0.15, 0.2) is 0 Å². The van der Waals surface area contributed by atoms with E-state index in [9.17, 15) is 9.59 Å². The van der Waals surface area contributed by atoms with Crippen molar-refractivity contribution in [2.45, 2.75) is 20.3 Å². The number of nitrogens with one attached hydrogen (secondary N) is 1. The van der Waals surface area contributed by atoms with Gasteiger partial charge in [0.05, 0.1) is 5.92 Å². The molecule has 1 atom stereocenters. The fourth-order valence-corrected chi connectivity index (χ4v) is 2.78. The van der Waals surface area contributed by atoms with Crippen LogP contribution in [0.1, 0.15) is 19.4 Å². The Balaban J connectivity index is 1.94. The van der Waals surface area contributed by atoms with Crippen LogP contribution in [-0.4, -0.2) is 35.1 Å². The van der Waals surface area contributed by atoms with Crippen molar-refractivity contribution in [3.05, 3.63) is 28.2 Å². The predicted molar refractivity (Wildman–Crippen MR) is 84.4 cm³/mol. The first-order valence-corrected chi connectivity index (χ1v) is 7.78. The number of benzene rings is 1. The molecule has 2 rings (SSSR count). The number of carboxylic acid groups (broad SMARTS) is 1. The van der Waals surface area contributed by atoms with Gasteiger partial charge in [-0.2, -0.15) is 0 Å². The first-order chi connectivity index (χ1) is 9.92. The van der Waals surface area contributed by atoms with Crippen LogP contribution in [0.25, 0.3) is 0 Å². The second-order valence-corrected chi connectivity index (χ2v) is 6.29. The molecule has 1 aliphatic heterocycles. The highest BCUT2D eigenvalue weighted by atomic mass is 79.9. The van der Waals surface area contributed by atoms with E-state index in [4.69, 9.17) is 5.11 Å². The number of rotatable bonds is 4. The number of anilines is 1. The van der Waals surface area contributed by atoms with Gasteiger partial charge in [0.2, 0.25) is 0 Å². The molecule has 0 saturated carbocycles. The van der Waals surface area contributed by atoms with Crippen LogP contribution in [0.2, 0.25) is 0 Å². The van der Waals surface area contributed by atoms with Crippen LogP contribution in [0, 0.1) is 11.8 Å². The Morgan fingerprint density at radius 3 is 2.71 bits per heavy atom. The van der Waals surface area contributed by atoms with Crippen molar-refractivity contribution >= 4 is 33.6 Å². The highest BCUT2D eigenvalue weighted by Gasteiger charge is 2.37. The maximum Gasteiger partial charge on any atom is 0.321 e. The fourth-order valence-electron chi connectivity index (χ4n) is 2.37. The lowest BCUT2D eigenvalue weighted by molar-refractivity contribution is -0.144. The van der Waals surface area contributed by atoms with Crippen molar-refractivity contribution in [2.24, 2.45) is 11.8 Å². The zero-order valence-electron chi connectivity index (χ0n) is 12.1. The number of hydrogen-bond acceptors (Lipinski definition) is 2. The van der Waals surface area contributed by atoms with Crippen LogP contribution in [0.5, 0.6) is 0 Å². The number of nitrogens with zero attached hydrogens (tertiary/aromatic N) is 1. The molecule has 2 N–H and O–H groups in total. The molecule has 2 amide bonds. The SMILES string of the molecule is CCc1cc(Br)ccc1NC(=O)N1CC(C(C)C(=O)O)C1. The Hall–Kier alpha value is -1.56. The molecule has 1 saturated heterocycles. The van der Waals surface area contributed by atoms with Gasteiger partial charge in [-0.25, -0.2) is 4.79 Å². The molecule has 21 heavy (non-hydrogen) atoms. The Bertz CT molecular complexity index is 556. The maximum absolute atomic E-state index is 12.1. The van der Waals surface area contributed by atoms with Gasteiger partial charge >= 0.3 is 12.0 Å². The summed E-state index contributed by atoms with van der Waals surface area (Å²) >= 11 is 3.42. The number of carbonyl (C=O) groups is 2. The van der Waals surface area contributed by atoms with E-state index in [1.807, 2.05) is 25.1 Å². The zero-order valence-corrected chi connectivity index (χ0v) is 13.7. The maximum atomic E-state index is 12.1. The lowest BCUT2D eigenvalue weighted by Crippen LogP contribution is -2.54. The molecule has 0 radical (unpaired) electrons. The molecule has 1 fully saturated rings. The molecule has 0 bridgehead atoms. The third kappa shape index (κ3) is 3.56. The number of aliphatic carboxylic acids is 1. The van der Waals surface area contributed by atoms with Gasteiger partial charge in [-0.3, -0.25) is 4.79 Å². The number of aryl methyl sites for hydroxylation is 1. The minimum Gasteiger partial charge on any atom is -0.481 e. The predicted octanol–water partition coefficient (Wildman–Crippen LogP) is 3.20. The zero-order chi connectivity index (χ0) is 15.6. The summed E-state index contributed by atoms with van der Waals surface area (Å²) in [6.45, 7) is 4.71. The van der Waals surface area contributed by atoms with Crippen molar-refractivity contribution in [3.63, 3.8) is 0 Å². The Kier molecular flexibility index (Phi) is 4.88. The quantitative estimate of drug-likeness (QED) is 0.872. The monoisotopic (exact) mass is 354 g/mol. The van der Waals surface area contributed by atoms with E-state index in [0.717, 1.165) is 22.1 Å². The molecule has 0 spiro atoms. The van der Waals surface area contributed by atoms with E-state index < -0.39 is 11.9 Å². The number of carboxylic acids is 1. The van der Waals surface area contributed by atoms with Gasteiger partial charge in [-0.05, 0) is 30.2 Å². The Labute approximate surface area is 132 Å². The second-order valence-electron chi connectivity index (χ2n) is 5.38. The third-order valence-corrected chi connectivity index (χ3v) is 4.48. The largest absolute Gasteiger partial charge is 0.481 e. The van der Waals surface area contributed by atoms with Gasteiger partial charge < -0.3 is 15.3 Å². The van der Waals surface area contributed by atoms with Crippen molar-refractivity contribution in [2.75, 3.05) is 18.4 Å². The minimum atomic E-state index is -0.804. The topological polar surface area (TPSA) is 69.6 Å². The third-order valence-electron chi connectivity index (χ3n) is 3.98. The van der Waals surface area contributed by atoms with Crippen LogP contribution in [0.15, 0.2) is 22.7 Å². The Morgan fingerprint density at radius 2 is 2.14 bits per heavy atom. The average Bonchev–Trinajstić information content (AvgIpc) is 2.38. The summed E-state index contributed by atoms with van der Waals surface area (Å²) in [7, 11) is 0. The van der Waals surface area contributed by atoms with Crippen LogP contribution >= 0.6 is 15.9 Å². The average molecular weight is 355 g/mol. The van der Waals surface area contributed by atoms with Crippen LogP contribution in [-0.2, 0) is 11.2 Å². The molecular weight excluding hydrogens is 336 g/mol. The first kappa shape index (κ1) is 15.8. The van der Waals surface area contributed by atoms with E-state index in [-0.39, 0.29) is 11.9 Å². The minimum absolute atomic E-state index is 0.0452. The number of halogens is 1. The second kappa shape index (κ2) is 6.47. The summed E-state index contributed by atoms with van der Waals surface area (Å²) < 4.78 is 0.983. The normalized spacial score (nSPS) is 16.2. The number of likely N-dealkylation sites (tertiary alicyclic amines) is 1. The van der Waals surface area contributed by atoms with E-state index in [1.54, 1.807) is 11.8 Å². The summed E-state index contributed by atoms with van der Waals surface area (Å²) in [5.41, 5.74) is 1.87. The van der Waals surface area contributed by atoms with E-state index in [1.165, 1.54) is 0 Å². The molecule has 6 heteroatoms. The van der Waals surface area contributed by atoms with Gasteiger partial charge in [0, 0.05) is 29.2 Å². The summed E-state index contributed by atoms with van der Waals surface area (Å²) in [6, 6.07) is 5.58. The molecule has 1 aliphatic rings. The van der Waals surface area contributed by atoms with Crippen LogP contribution in [0.3, 0.4) is 0 Å². The molecule has 1 aromatic carbocycles. The number of hydrogen-bond donors (Lipinski definition) is 2. The standard InChI is InChI=1S/C15H19BrN2O3/c1-3-10-6-12(16)4-5-13(10)17-15(21)18-7-11(8-18)9(2)14(19)20/h4-6,9,11H,3,7-8H2,1-2H3,(H,17,21)(H,19,20). The molecule has 5 nitrogen and oxygen atoms in total. The molecule has 0 aliphatic carbocycles.